The summed E-state index contributed by atoms with van der Waals surface area (Å²) in [7, 11) is 1.41. The Labute approximate surface area is 86.6 Å². The highest BCUT2D eigenvalue weighted by Crippen LogP contribution is 2.27. The van der Waals surface area contributed by atoms with Crippen LogP contribution in [0.25, 0.3) is 6.08 Å². The van der Waals surface area contributed by atoms with Crippen molar-refractivity contribution < 1.29 is 14.6 Å². The second-order valence-electron chi connectivity index (χ2n) is 2.58. The molecule has 0 aliphatic rings. The van der Waals surface area contributed by atoms with Crippen LogP contribution in [0.4, 0.5) is 0 Å². The van der Waals surface area contributed by atoms with Gasteiger partial charge in [0.2, 0.25) is 0 Å². The second kappa shape index (κ2) is 4.15. The molecule has 14 heavy (non-hydrogen) atoms. The normalized spacial score (nSPS) is 9.57. The van der Waals surface area contributed by atoms with Crippen LogP contribution in [-0.2, 0) is 0 Å². The van der Waals surface area contributed by atoms with E-state index in [1.165, 1.54) is 19.3 Å². The molecule has 1 aromatic carbocycles. The molecule has 0 unspecified atom stereocenters. The molecule has 0 aromatic heterocycles. The smallest absolute Gasteiger partial charge is 0.339 e. The highest BCUT2D eigenvalue weighted by atomic mass is 35.5. The van der Waals surface area contributed by atoms with Gasteiger partial charge in [-0.1, -0.05) is 24.3 Å². The zero-order chi connectivity index (χ0) is 10.7. The number of halogens is 1. The van der Waals surface area contributed by atoms with E-state index in [4.69, 9.17) is 21.4 Å². The third-order valence-corrected chi connectivity index (χ3v) is 2.10. The predicted molar refractivity (Wildman–Crippen MR) is 55.1 cm³/mol. The minimum absolute atomic E-state index is 0.0445. The van der Waals surface area contributed by atoms with E-state index in [2.05, 4.69) is 6.58 Å². The lowest BCUT2D eigenvalue weighted by Crippen LogP contribution is -2.01. The summed E-state index contributed by atoms with van der Waals surface area (Å²) >= 11 is 5.81. The third kappa shape index (κ3) is 1.88. The van der Waals surface area contributed by atoms with E-state index in [9.17, 15) is 4.79 Å². The Morgan fingerprint density at radius 2 is 2.29 bits per heavy atom. The molecule has 0 amide bonds. The van der Waals surface area contributed by atoms with Gasteiger partial charge < -0.3 is 9.84 Å². The van der Waals surface area contributed by atoms with Gasteiger partial charge >= 0.3 is 5.97 Å². The first-order valence-corrected chi connectivity index (χ1v) is 4.21. The van der Waals surface area contributed by atoms with Crippen molar-refractivity contribution in [3.8, 4) is 5.75 Å². The van der Waals surface area contributed by atoms with Crippen molar-refractivity contribution in [2.45, 2.75) is 0 Å². The Hall–Kier alpha value is -1.48. The summed E-state index contributed by atoms with van der Waals surface area (Å²) in [4.78, 5) is 10.8. The molecule has 1 N–H and O–H groups in total. The molecule has 0 saturated heterocycles. The van der Waals surface area contributed by atoms with Gasteiger partial charge in [0.05, 0.1) is 7.11 Å². The standard InChI is InChI=1S/C10H9ClO3/c1-3-6-4-9(14-2)7(10(12)13)5-8(6)11/h3-5H,1H2,2H3,(H,12,13). The van der Waals surface area contributed by atoms with Crippen LogP contribution < -0.4 is 4.74 Å². The van der Waals surface area contributed by atoms with Crippen LogP contribution in [0, 0.1) is 0 Å². The quantitative estimate of drug-likeness (QED) is 0.838. The van der Waals surface area contributed by atoms with Crippen molar-refractivity contribution in [2.24, 2.45) is 0 Å². The molecule has 0 spiro atoms. The molecule has 4 heteroatoms. The molecule has 0 atom stereocenters. The number of methoxy groups -OCH3 is 1. The first kappa shape index (κ1) is 10.6. The lowest BCUT2D eigenvalue weighted by molar-refractivity contribution is 0.0693. The summed E-state index contributed by atoms with van der Waals surface area (Å²) in [5, 5.41) is 9.17. The number of ether oxygens (including phenoxy) is 1. The minimum atomic E-state index is -1.07. The van der Waals surface area contributed by atoms with Gasteiger partial charge in [-0.3, -0.25) is 0 Å². The van der Waals surface area contributed by atoms with E-state index in [0.29, 0.717) is 10.6 Å². The molecule has 0 bridgehead atoms. The summed E-state index contributed by atoms with van der Waals surface area (Å²) in [6.45, 7) is 3.55. The van der Waals surface area contributed by atoms with Crippen LogP contribution in [0.2, 0.25) is 5.02 Å². The van der Waals surface area contributed by atoms with Crippen LogP contribution in [-0.4, -0.2) is 18.2 Å². The number of hydrogen-bond acceptors (Lipinski definition) is 2. The van der Waals surface area contributed by atoms with Crippen LogP contribution in [0.3, 0.4) is 0 Å². The summed E-state index contributed by atoms with van der Waals surface area (Å²) in [6, 6.07) is 2.89. The Morgan fingerprint density at radius 1 is 1.64 bits per heavy atom. The molecule has 0 aliphatic carbocycles. The molecule has 3 nitrogen and oxygen atoms in total. The monoisotopic (exact) mass is 212 g/mol. The average Bonchev–Trinajstić information content (AvgIpc) is 2.17. The van der Waals surface area contributed by atoms with Crippen LogP contribution >= 0.6 is 11.6 Å². The van der Waals surface area contributed by atoms with Crippen molar-refractivity contribution in [1.29, 1.82) is 0 Å². The molecule has 0 radical (unpaired) electrons. The molecule has 0 fully saturated rings. The summed E-state index contributed by atoms with van der Waals surface area (Å²) in [5.74, 6) is -0.795. The fraction of sp³-hybridized carbons (Fsp3) is 0.100. The Bertz CT molecular complexity index is 385. The van der Waals surface area contributed by atoms with E-state index >= 15 is 0 Å². The number of hydrogen-bond donors (Lipinski definition) is 1. The van der Waals surface area contributed by atoms with Crippen molar-refractivity contribution >= 4 is 23.6 Å². The Morgan fingerprint density at radius 3 is 2.71 bits per heavy atom. The molecule has 1 rings (SSSR count). The van der Waals surface area contributed by atoms with E-state index in [-0.39, 0.29) is 11.3 Å². The second-order valence-corrected chi connectivity index (χ2v) is 2.99. The SMILES string of the molecule is C=Cc1cc(OC)c(C(=O)O)cc1Cl. The number of aromatic carboxylic acids is 1. The van der Waals surface area contributed by atoms with Crippen LogP contribution in [0.1, 0.15) is 15.9 Å². The molecule has 0 saturated carbocycles. The minimum Gasteiger partial charge on any atom is -0.496 e. The highest BCUT2D eigenvalue weighted by Gasteiger charge is 2.13. The first-order chi connectivity index (χ1) is 6.60. The molecule has 74 valence electrons. The number of carboxylic acid groups (broad SMARTS) is 1. The third-order valence-electron chi connectivity index (χ3n) is 1.77. The van der Waals surface area contributed by atoms with Gasteiger partial charge in [-0.05, 0) is 17.7 Å². The maximum atomic E-state index is 10.8. The van der Waals surface area contributed by atoms with Crippen LogP contribution in [0.15, 0.2) is 18.7 Å². The lowest BCUT2D eigenvalue weighted by atomic mass is 10.1. The topological polar surface area (TPSA) is 46.5 Å². The lowest BCUT2D eigenvalue weighted by Gasteiger charge is -2.07. The average molecular weight is 213 g/mol. The molecule has 1 aromatic rings. The first-order valence-electron chi connectivity index (χ1n) is 3.83. The fourth-order valence-corrected chi connectivity index (χ4v) is 1.30. The Balaban J connectivity index is 3.38. The molecular formula is C10H9ClO3. The van der Waals surface area contributed by atoms with Crippen molar-refractivity contribution in [3.05, 3.63) is 34.9 Å². The van der Waals surface area contributed by atoms with Gasteiger partial charge in [-0.25, -0.2) is 4.79 Å². The number of rotatable bonds is 3. The number of carboxylic acids is 1. The van der Waals surface area contributed by atoms with Crippen molar-refractivity contribution in [3.63, 3.8) is 0 Å². The number of carbonyl (C=O) groups is 1. The zero-order valence-corrected chi connectivity index (χ0v) is 8.34. The number of benzene rings is 1. The summed E-state index contributed by atoms with van der Waals surface area (Å²) < 4.78 is 4.92. The van der Waals surface area contributed by atoms with Gasteiger partial charge in [-0.2, -0.15) is 0 Å². The molecule has 0 heterocycles. The van der Waals surface area contributed by atoms with Gasteiger partial charge in [0.1, 0.15) is 11.3 Å². The van der Waals surface area contributed by atoms with Gasteiger partial charge in [-0.15, -0.1) is 0 Å². The highest BCUT2D eigenvalue weighted by molar-refractivity contribution is 6.32. The van der Waals surface area contributed by atoms with Crippen LogP contribution in [0.5, 0.6) is 5.75 Å². The van der Waals surface area contributed by atoms with Crippen molar-refractivity contribution in [1.82, 2.24) is 0 Å². The van der Waals surface area contributed by atoms with Gasteiger partial charge in [0, 0.05) is 5.02 Å². The maximum absolute atomic E-state index is 10.8. The molecule has 0 aliphatic heterocycles. The van der Waals surface area contributed by atoms with E-state index in [1.54, 1.807) is 6.07 Å². The largest absolute Gasteiger partial charge is 0.496 e. The van der Waals surface area contributed by atoms with E-state index in [1.807, 2.05) is 0 Å². The van der Waals surface area contributed by atoms with E-state index < -0.39 is 5.97 Å². The fourth-order valence-electron chi connectivity index (χ4n) is 1.06. The summed E-state index contributed by atoms with van der Waals surface area (Å²) in [5.41, 5.74) is 0.691. The van der Waals surface area contributed by atoms with Crippen molar-refractivity contribution in [2.75, 3.05) is 7.11 Å². The maximum Gasteiger partial charge on any atom is 0.339 e. The summed E-state index contributed by atoms with van der Waals surface area (Å²) in [6.07, 6.45) is 1.54. The van der Waals surface area contributed by atoms with Gasteiger partial charge in [0.25, 0.3) is 0 Å². The molecular weight excluding hydrogens is 204 g/mol. The van der Waals surface area contributed by atoms with E-state index in [0.717, 1.165) is 0 Å². The zero-order valence-electron chi connectivity index (χ0n) is 7.58. The predicted octanol–water partition coefficient (Wildman–Crippen LogP) is 2.69. The Kier molecular flexibility index (Phi) is 3.14. The van der Waals surface area contributed by atoms with Gasteiger partial charge in [0.15, 0.2) is 0 Å².